The van der Waals surface area contributed by atoms with Crippen LogP contribution in [0.15, 0.2) is 66.9 Å². The van der Waals surface area contributed by atoms with Crippen molar-refractivity contribution in [1.82, 2.24) is 20.3 Å². The molecule has 4 aromatic rings. The molecule has 0 spiro atoms. The summed E-state index contributed by atoms with van der Waals surface area (Å²) in [5, 5.41) is 2.90. The lowest BCUT2D eigenvalue weighted by Gasteiger charge is -2.07. The number of hydrogen-bond donors (Lipinski definition) is 2. The molecule has 0 saturated heterocycles. The number of nitrogens with zero attached hydrogens (tertiary/aromatic N) is 2. The lowest BCUT2D eigenvalue weighted by atomic mass is 10.0. The lowest BCUT2D eigenvalue weighted by molar-refractivity contribution is 0.0950. The number of H-pyrrole nitrogens is 1. The van der Waals surface area contributed by atoms with Crippen molar-refractivity contribution in [2.75, 3.05) is 7.11 Å². The number of nitrogens with one attached hydrogen (secondary N) is 2. The number of benzene rings is 2. The fourth-order valence-corrected chi connectivity index (χ4v) is 2.87. The zero-order chi connectivity index (χ0) is 18.6. The Kier molecular flexibility index (Phi) is 4.53. The van der Waals surface area contributed by atoms with Crippen molar-refractivity contribution in [3.05, 3.63) is 78.2 Å². The lowest BCUT2D eigenvalue weighted by Crippen LogP contribution is -2.23. The van der Waals surface area contributed by atoms with Gasteiger partial charge in [0.2, 0.25) is 5.88 Å². The van der Waals surface area contributed by atoms with Crippen LogP contribution in [0.5, 0.6) is 5.88 Å². The van der Waals surface area contributed by atoms with Gasteiger partial charge in [0.25, 0.3) is 5.91 Å². The third-order valence-corrected chi connectivity index (χ3v) is 4.26. The van der Waals surface area contributed by atoms with Gasteiger partial charge in [-0.1, -0.05) is 24.3 Å². The summed E-state index contributed by atoms with van der Waals surface area (Å²) in [7, 11) is 1.58. The van der Waals surface area contributed by atoms with Crippen molar-refractivity contribution in [1.29, 1.82) is 0 Å². The highest BCUT2D eigenvalue weighted by Gasteiger charge is 2.09. The van der Waals surface area contributed by atoms with E-state index in [1.54, 1.807) is 25.4 Å². The number of pyridine rings is 1. The molecule has 2 aromatic heterocycles. The summed E-state index contributed by atoms with van der Waals surface area (Å²) >= 11 is 0. The molecule has 0 aliphatic rings. The largest absolute Gasteiger partial charge is 0.481 e. The van der Waals surface area contributed by atoms with Crippen LogP contribution in [0.2, 0.25) is 0 Å². The third kappa shape index (κ3) is 3.64. The molecule has 0 fully saturated rings. The number of methoxy groups -OCH3 is 1. The van der Waals surface area contributed by atoms with Crippen LogP contribution in [0.25, 0.3) is 22.2 Å². The van der Waals surface area contributed by atoms with E-state index in [0.717, 1.165) is 28.0 Å². The van der Waals surface area contributed by atoms with Gasteiger partial charge in [-0.2, -0.15) is 0 Å². The second kappa shape index (κ2) is 7.29. The molecular formula is C21H18N4O2. The molecule has 27 heavy (non-hydrogen) atoms. The molecule has 2 aromatic carbocycles. The molecule has 6 heteroatoms. The zero-order valence-electron chi connectivity index (χ0n) is 14.8. The van der Waals surface area contributed by atoms with E-state index >= 15 is 0 Å². The SMILES string of the molecule is COc1ccc(-c2cccc(C(=O)NCc3nc4ccccc4[nH]3)c2)cn1. The molecule has 0 aliphatic heterocycles. The Hall–Kier alpha value is -3.67. The van der Waals surface area contributed by atoms with Crippen LogP contribution in [-0.2, 0) is 6.54 Å². The molecule has 134 valence electrons. The van der Waals surface area contributed by atoms with Gasteiger partial charge < -0.3 is 15.0 Å². The average molecular weight is 358 g/mol. The number of fused-ring (bicyclic) bond motifs is 1. The first kappa shape index (κ1) is 16.8. The standard InChI is InChI=1S/C21H18N4O2/c1-27-20-10-9-16(12-22-20)14-5-4-6-15(11-14)21(26)23-13-19-24-17-7-2-3-8-18(17)25-19/h2-12H,13H2,1H3,(H,23,26)(H,24,25). The predicted octanol–water partition coefficient (Wildman–Crippen LogP) is 3.56. The zero-order valence-corrected chi connectivity index (χ0v) is 14.8. The minimum Gasteiger partial charge on any atom is -0.481 e. The number of hydrogen-bond acceptors (Lipinski definition) is 4. The maximum atomic E-state index is 12.5. The Bertz CT molecular complexity index is 1050. The number of carbonyl (C=O) groups excluding carboxylic acids is 1. The van der Waals surface area contributed by atoms with E-state index < -0.39 is 0 Å². The van der Waals surface area contributed by atoms with E-state index in [1.807, 2.05) is 48.5 Å². The highest BCUT2D eigenvalue weighted by Crippen LogP contribution is 2.21. The molecule has 0 atom stereocenters. The van der Waals surface area contributed by atoms with Crippen LogP contribution in [-0.4, -0.2) is 28.0 Å². The molecule has 0 bridgehead atoms. The second-order valence-corrected chi connectivity index (χ2v) is 6.05. The molecule has 2 N–H and O–H groups in total. The first-order chi connectivity index (χ1) is 13.2. The molecule has 2 heterocycles. The van der Waals surface area contributed by atoms with Crippen molar-refractivity contribution in [3.8, 4) is 17.0 Å². The summed E-state index contributed by atoms with van der Waals surface area (Å²) in [5.41, 5.74) is 4.26. The number of para-hydroxylation sites is 2. The van der Waals surface area contributed by atoms with Gasteiger partial charge in [0, 0.05) is 23.4 Å². The van der Waals surface area contributed by atoms with Crippen LogP contribution in [0, 0.1) is 0 Å². The van der Waals surface area contributed by atoms with Gasteiger partial charge in [-0.25, -0.2) is 9.97 Å². The Labute approximate surface area is 156 Å². The summed E-state index contributed by atoms with van der Waals surface area (Å²) in [6.07, 6.45) is 1.73. The first-order valence-electron chi connectivity index (χ1n) is 8.55. The highest BCUT2D eigenvalue weighted by atomic mass is 16.5. The van der Waals surface area contributed by atoms with Crippen molar-refractivity contribution < 1.29 is 9.53 Å². The number of aromatic amines is 1. The Morgan fingerprint density at radius 3 is 2.74 bits per heavy atom. The summed E-state index contributed by atoms with van der Waals surface area (Å²) in [4.78, 5) is 24.4. The fourth-order valence-electron chi connectivity index (χ4n) is 2.87. The quantitative estimate of drug-likeness (QED) is 0.572. The van der Waals surface area contributed by atoms with E-state index in [9.17, 15) is 4.79 Å². The van der Waals surface area contributed by atoms with E-state index in [1.165, 1.54) is 0 Å². The van der Waals surface area contributed by atoms with Gasteiger partial charge in [0.15, 0.2) is 0 Å². The monoisotopic (exact) mass is 358 g/mol. The fraction of sp³-hybridized carbons (Fsp3) is 0.0952. The molecule has 0 radical (unpaired) electrons. The minimum absolute atomic E-state index is 0.154. The summed E-state index contributed by atoms with van der Waals surface area (Å²) in [5.74, 6) is 1.12. The molecule has 6 nitrogen and oxygen atoms in total. The smallest absolute Gasteiger partial charge is 0.251 e. The second-order valence-electron chi connectivity index (χ2n) is 6.05. The Balaban J connectivity index is 1.48. The normalized spacial score (nSPS) is 10.7. The van der Waals surface area contributed by atoms with Gasteiger partial charge in [-0.05, 0) is 35.9 Å². The van der Waals surface area contributed by atoms with Gasteiger partial charge >= 0.3 is 0 Å². The van der Waals surface area contributed by atoms with Crippen molar-refractivity contribution in [3.63, 3.8) is 0 Å². The molecule has 0 saturated carbocycles. The maximum absolute atomic E-state index is 12.5. The topological polar surface area (TPSA) is 79.9 Å². The average Bonchev–Trinajstić information content (AvgIpc) is 3.15. The van der Waals surface area contributed by atoms with Crippen molar-refractivity contribution >= 4 is 16.9 Å². The van der Waals surface area contributed by atoms with Crippen LogP contribution in [0.4, 0.5) is 0 Å². The molecular weight excluding hydrogens is 340 g/mol. The number of carbonyl (C=O) groups is 1. The van der Waals surface area contributed by atoms with Gasteiger partial charge in [0.1, 0.15) is 5.82 Å². The van der Waals surface area contributed by atoms with E-state index in [0.29, 0.717) is 18.0 Å². The minimum atomic E-state index is -0.154. The highest BCUT2D eigenvalue weighted by molar-refractivity contribution is 5.95. The molecule has 4 rings (SSSR count). The summed E-state index contributed by atoms with van der Waals surface area (Å²) in [6.45, 7) is 0.335. The van der Waals surface area contributed by atoms with E-state index in [-0.39, 0.29) is 5.91 Å². The van der Waals surface area contributed by atoms with Crippen LogP contribution in [0.1, 0.15) is 16.2 Å². The van der Waals surface area contributed by atoms with Crippen LogP contribution >= 0.6 is 0 Å². The van der Waals surface area contributed by atoms with Gasteiger partial charge in [-0.3, -0.25) is 4.79 Å². The summed E-state index contributed by atoms with van der Waals surface area (Å²) in [6, 6.07) is 18.9. The van der Waals surface area contributed by atoms with Gasteiger partial charge in [0.05, 0.1) is 24.7 Å². The van der Waals surface area contributed by atoms with E-state index in [4.69, 9.17) is 4.74 Å². The van der Waals surface area contributed by atoms with Crippen LogP contribution < -0.4 is 10.1 Å². The maximum Gasteiger partial charge on any atom is 0.251 e. The molecule has 0 unspecified atom stereocenters. The number of rotatable bonds is 5. The first-order valence-corrected chi connectivity index (χ1v) is 8.55. The Morgan fingerprint density at radius 2 is 1.96 bits per heavy atom. The predicted molar refractivity (Wildman–Crippen MR) is 103 cm³/mol. The number of imidazole rings is 1. The number of ether oxygens (including phenoxy) is 1. The van der Waals surface area contributed by atoms with Crippen molar-refractivity contribution in [2.24, 2.45) is 0 Å². The summed E-state index contributed by atoms with van der Waals surface area (Å²) < 4.78 is 5.08. The van der Waals surface area contributed by atoms with Crippen LogP contribution in [0.3, 0.4) is 0 Å². The third-order valence-electron chi connectivity index (χ3n) is 4.26. The number of amides is 1. The molecule has 0 aliphatic carbocycles. The number of aromatic nitrogens is 3. The van der Waals surface area contributed by atoms with E-state index in [2.05, 4.69) is 20.3 Å². The Morgan fingerprint density at radius 1 is 1.07 bits per heavy atom. The van der Waals surface area contributed by atoms with Crippen molar-refractivity contribution in [2.45, 2.75) is 6.54 Å². The molecule has 1 amide bonds. The van der Waals surface area contributed by atoms with Gasteiger partial charge in [-0.15, -0.1) is 0 Å².